The summed E-state index contributed by atoms with van der Waals surface area (Å²) in [6.07, 6.45) is 1.17. The zero-order valence-corrected chi connectivity index (χ0v) is 13.5. The van der Waals surface area contributed by atoms with Gasteiger partial charge in [0.15, 0.2) is 6.61 Å². The number of benzene rings is 1. The fraction of sp³-hybridized carbons (Fsp3) is 0.353. The molecule has 0 unspecified atom stereocenters. The Morgan fingerprint density at radius 2 is 1.88 bits per heavy atom. The number of carbonyl (C=O) groups excluding carboxylic acids is 3. The Morgan fingerprint density at radius 3 is 2.48 bits per heavy atom. The van der Waals surface area contributed by atoms with Gasteiger partial charge in [0.25, 0.3) is 11.8 Å². The van der Waals surface area contributed by atoms with Gasteiger partial charge in [0.1, 0.15) is 0 Å². The molecule has 8 nitrogen and oxygen atoms in total. The highest BCUT2D eigenvalue weighted by molar-refractivity contribution is 6.21. The van der Waals surface area contributed by atoms with Gasteiger partial charge in [-0.2, -0.15) is 4.98 Å². The van der Waals surface area contributed by atoms with E-state index in [2.05, 4.69) is 10.1 Å². The van der Waals surface area contributed by atoms with Crippen LogP contribution in [0.4, 0.5) is 0 Å². The second-order valence-corrected chi connectivity index (χ2v) is 6.18. The van der Waals surface area contributed by atoms with E-state index in [0.717, 1.165) is 0 Å². The molecule has 0 saturated heterocycles. The van der Waals surface area contributed by atoms with Crippen LogP contribution in [0.15, 0.2) is 28.8 Å². The first-order valence-electron chi connectivity index (χ1n) is 7.97. The van der Waals surface area contributed by atoms with Gasteiger partial charge in [-0.15, -0.1) is 0 Å². The zero-order chi connectivity index (χ0) is 17.6. The maximum Gasteiger partial charge on any atom is 0.303 e. The molecule has 2 heterocycles. The minimum Gasteiger partial charge on any atom is -0.457 e. The van der Waals surface area contributed by atoms with Crippen LogP contribution in [0.25, 0.3) is 0 Å². The molecule has 25 heavy (non-hydrogen) atoms. The number of amides is 2. The standard InChI is InChI=1S/C17H15N3O5/c1-9(21)24-8-14-18-15(25-19-14)10-6-11(7-10)20-16(22)12-4-2-3-5-13(12)17(20)23/h2-5,10-11H,6-8H2,1H3/t10-,11-. The third kappa shape index (κ3) is 2.59. The second-order valence-electron chi connectivity index (χ2n) is 6.18. The molecule has 2 aromatic rings. The molecule has 4 rings (SSSR count). The molecular formula is C17H15N3O5. The van der Waals surface area contributed by atoms with Crippen molar-refractivity contribution in [1.82, 2.24) is 15.0 Å². The van der Waals surface area contributed by atoms with Crippen LogP contribution in [0.5, 0.6) is 0 Å². The van der Waals surface area contributed by atoms with Gasteiger partial charge in [-0.25, -0.2) is 0 Å². The van der Waals surface area contributed by atoms with E-state index in [-0.39, 0.29) is 30.4 Å². The highest BCUT2D eigenvalue weighted by Gasteiger charge is 2.46. The molecule has 0 spiro atoms. The Hall–Kier alpha value is -3.03. The van der Waals surface area contributed by atoms with Gasteiger partial charge in [-0.1, -0.05) is 17.3 Å². The molecular weight excluding hydrogens is 326 g/mol. The average molecular weight is 341 g/mol. The highest BCUT2D eigenvalue weighted by Crippen LogP contribution is 2.41. The number of aromatic nitrogens is 2. The van der Waals surface area contributed by atoms with E-state index in [0.29, 0.717) is 35.7 Å². The Kier molecular flexibility index (Phi) is 3.60. The summed E-state index contributed by atoms with van der Waals surface area (Å²) in [7, 11) is 0. The van der Waals surface area contributed by atoms with Crippen molar-refractivity contribution in [3.8, 4) is 0 Å². The van der Waals surface area contributed by atoms with Crippen molar-refractivity contribution in [2.75, 3.05) is 0 Å². The van der Waals surface area contributed by atoms with Gasteiger partial charge in [0, 0.05) is 18.9 Å². The van der Waals surface area contributed by atoms with E-state index in [4.69, 9.17) is 9.26 Å². The molecule has 2 aliphatic rings. The van der Waals surface area contributed by atoms with E-state index in [9.17, 15) is 14.4 Å². The number of imide groups is 1. The van der Waals surface area contributed by atoms with E-state index in [1.54, 1.807) is 24.3 Å². The Labute approximate surface area is 142 Å². The third-order valence-corrected chi connectivity index (χ3v) is 4.54. The van der Waals surface area contributed by atoms with Crippen molar-refractivity contribution in [3.63, 3.8) is 0 Å². The van der Waals surface area contributed by atoms with Crippen LogP contribution in [0.1, 0.15) is 58.1 Å². The molecule has 0 radical (unpaired) electrons. The smallest absolute Gasteiger partial charge is 0.303 e. The topological polar surface area (TPSA) is 103 Å². The summed E-state index contributed by atoms with van der Waals surface area (Å²) >= 11 is 0. The number of fused-ring (bicyclic) bond motifs is 1. The molecule has 1 aromatic heterocycles. The quantitative estimate of drug-likeness (QED) is 0.615. The highest BCUT2D eigenvalue weighted by atomic mass is 16.5. The Morgan fingerprint density at radius 1 is 1.24 bits per heavy atom. The summed E-state index contributed by atoms with van der Waals surface area (Å²) in [5.74, 6) is -0.173. The van der Waals surface area contributed by atoms with Crippen molar-refractivity contribution >= 4 is 17.8 Å². The molecule has 128 valence electrons. The number of hydrogen-bond donors (Lipinski definition) is 0. The summed E-state index contributed by atoms with van der Waals surface area (Å²) in [4.78, 5) is 41.2. The second kappa shape index (κ2) is 5.80. The number of nitrogens with zero attached hydrogens (tertiary/aromatic N) is 3. The van der Waals surface area contributed by atoms with Gasteiger partial charge in [-0.05, 0) is 25.0 Å². The number of hydrogen-bond acceptors (Lipinski definition) is 7. The number of carbonyl (C=O) groups is 3. The van der Waals surface area contributed by atoms with Crippen molar-refractivity contribution in [2.24, 2.45) is 0 Å². The summed E-state index contributed by atoms with van der Waals surface area (Å²) in [5.41, 5.74) is 0.912. The molecule has 0 bridgehead atoms. The molecule has 8 heteroatoms. The third-order valence-electron chi connectivity index (χ3n) is 4.54. The molecule has 1 aliphatic carbocycles. The van der Waals surface area contributed by atoms with Crippen molar-refractivity contribution in [1.29, 1.82) is 0 Å². The maximum atomic E-state index is 12.4. The van der Waals surface area contributed by atoms with Crippen LogP contribution in [0.3, 0.4) is 0 Å². The number of esters is 1. The Bertz CT molecular complexity index is 834. The predicted octanol–water partition coefficient (Wildman–Crippen LogP) is 1.67. The molecule has 1 saturated carbocycles. The van der Waals surface area contributed by atoms with Crippen LogP contribution in [0, 0.1) is 0 Å². The summed E-state index contributed by atoms with van der Waals surface area (Å²) in [6.45, 7) is 1.27. The lowest BCUT2D eigenvalue weighted by Crippen LogP contribution is -2.46. The SMILES string of the molecule is CC(=O)OCc1noc([C@H]2C[C@H](N3C(=O)c4ccccc4C3=O)C2)n1. The number of rotatable bonds is 4. The van der Waals surface area contributed by atoms with Crippen LogP contribution >= 0.6 is 0 Å². The zero-order valence-electron chi connectivity index (χ0n) is 13.5. The van der Waals surface area contributed by atoms with Crippen molar-refractivity contribution in [2.45, 2.75) is 38.3 Å². The molecule has 1 aliphatic heterocycles. The summed E-state index contributed by atoms with van der Waals surface area (Å²) < 4.78 is 10.0. The van der Waals surface area contributed by atoms with E-state index < -0.39 is 5.97 Å². The van der Waals surface area contributed by atoms with Gasteiger partial charge in [-0.3, -0.25) is 19.3 Å². The van der Waals surface area contributed by atoms with Crippen LogP contribution in [0.2, 0.25) is 0 Å². The van der Waals surface area contributed by atoms with Crippen LogP contribution < -0.4 is 0 Å². The monoisotopic (exact) mass is 341 g/mol. The van der Waals surface area contributed by atoms with Crippen LogP contribution in [-0.2, 0) is 16.1 Å². The van der Waals surface area contributed by atoms with E-state index in [1.165, 1.54) is 11.8 Å². The van der Waals surface area contributed by atoms with Crippen molar-refractivity contribution < 1.29 is 23.6 Å². The summed E-state index contributed by atoms with van der Waals surface area (Å²) in [6, 6.07) is 6.68. The molecule has 0 atom stereocenters. The maximum absolute atomic E-state index is 12.4. The predicted molar refractivity (Wildman–Crippen MR) is 82.5 cm³/mol. The molecule has 0 N–H and O–H groups in total. The summed E-state index contributed by atoms with van der Waals surface area (Å²) in [5, 5.41) is 3.77. The minimum absolute atomic E-state index is 0.00658. The lowest BCUT2D eigenvalue weighted by atomic mass is 9.79. The molecule has 1 aromatic carbocycles. The van der Waals surface area contributed by atoms with Crippen molar-refractivity contribution in [3.05, 3.63) is 47.1 Å². The fourth-order valence-electron chi connectivity index (χ4n) is 3.20. The molecule has 2 amide bonds. The normalized spacial score (nSPS) is 21.9. The number of ether oxygens (including phenoxy) is 1. The average Bonchev–Trinajstić information content (AvgIpc) is 3.11. The van der Waals surface area contributed by atoms with Gasteiger partial charge in [0.2, 0.25) is 11.7 Å². The first-order chi connectivity index (χ1) is 12.0. The first-order valence-corrected chi connectivity index (χ1v) is 7.97. The van der Waals surface area contributed by atoms with Gasteiger partial charge in [0.05, 0.1) is 11.1 Å². The van der Waals surface area contributed by atoms with Gasteiger partial charge < -0.3 is 9.26 Å². The molecule has 1 fully saturated rings. The fourth-order valence-corrected chi connectivity index (χ4v) is 3.20. The van der Waals surface area contributed by atoms with Crippen LogP contribution in [-0.4, -0.2) is 38.9 Å². The van der Waals surface area contributed by atoms with E-state index in [1.807, 2.05) is 0 Å². The van der Waals surface area contributed by atoms with Gasteiger partial charge >= 0.3 is 5.97 Å². The van der Waals surface area contributed by atoms with E-state index >= 15 is 0 Å². The first kappa shape index (κ1) is 15.5. The minimum atomic E-state index is -0.416. The largest absolute Gasteiger partial charge is 0.457 e. The lowest BCUT2D eigenvalue weighted by Gasteiger charge is -2.38. The lowest BCUT2D eigenvalue weighted by molar-refractivity contribution is -0.142. The Balaban J connectivity index is 1.41.